The fourth-order valence-electron chi connectivity index (χ4n) is 3.74. The lowest BCUT2D eigenvalue weighted by atomic mass is 10.1. The molecule has 31 heavy (non-hydrogen) atoms. The minimum absolute atomic E-state index is 0.0254. The number of benzene rings is 2. The van der Waals surface area contributed by atoms with Crippen molar-refractivity contribution in [2.24, 2.45) is 0 Å². The van der Waals surface area contributed by atoms with Crippen molar-refractivity contribution in [2.45, 2.75) is 31.9 Å². The van der Waals surface area contributed by atoms with Gasteiger partial charge in [0.2, 0.25) is 5.91 Å². The Morgan fingerprint density at radius 3 is 2.84 bits per heavy atom. The van der Waals surface area contributed by atoms with Crippen LogP contribution in [0.15, 0.2) is 53.9 Å². The molecule has 1 fully saturated rings. The molecule has 0 radical (unpaired) electrons. The van der Waals surface area contributed by atoms with Crippen molar-refractivity contribution in [3.05, 3.63) is 70.2 Å². The molecule has 1 amide bonds. The van der Waals surface area contributed by atoms with Crippen molar-refractivity contribution >= 4 is 28.8 Å². The molecule has 1 atom stereocenters. The van der Waals surface area contributed by atoms with Crippen LogP contribution in [-0.2, 0) is 22.5 Å². The highest BCUT2D eigenvalue weighted by Gasteiger charge is 2.24. The van der Waals surface area contributed by atoms with Gasteiger partial charge in [-0.25, -0.2) is 4.98 Å². The molecule has 1 aliphatic rings. The minimum Gasteiger partial charge on any atom is -0.496 e. The molecule has 0 saturated carbocycles. The van der Waals surface area contributed by atoms with Crippen molar-refractivity contribution in [1.82, 2.24) is 9.88 Å². The van der Waals surface area contributed by atoms with Crippen molar-refractivity contribution in [3.63, 3.8) is 0 Å². The number of nitrogens with zero attached hydrogens (tertiary/aromatic N) is 2. The normalized spacial score (nSPS) is 15.7. The number of amides is 1. The van der Waals surface area contributed by atoms with Gasteiger partial charge in [-0.3, -0.25) is 4.79 Å². The summed E-state index contributed by atoms with van der Waals surface area (Å²) < 4.78 is 11.3. The van der Waals surface area contributed by atoms with Crippen LogP contribution in [0.1, 0.15) is 24.1 Å². The van der Waals surface area contributed by atoms with Gasteiger partial charge in [0.1, 0.15) is 10.8 Å². The Bertz CT molecular complexity index is 1030. The third-order valence-corrected chi connectivity index (χ3v) is 6.60. The van der Waals surface area contributed by atoms with E-state index in [1.54, 1.807) is 7.11 Å². The fraction of sp³-hybridized carbons (Fsp3) is 0.333. The molecule has 2 heterocycles. The number of hydrogen-bond acceptors (Lipinski definition) is 5. The summed E-state index contributed by atoms with van der Waals surface area (Å²) in [6.45, 7) is 1.80. The zero-order valence-corrected chi connectivity index (χ0v) is 19.0. The number of carbonyl (C=O) groups excluding carboxylic acids is 1. The molecule has 0 aliphatic carbocycles. The number of thiazole rings is 1. The first-order chi connectivity index (χ1) is 15.1. The van der Waals surface area contributed by atoms with Gasteiger partial charge in [0, 0.05) is 36.2 Å². The van der Waals surface area contributed by atoms with E-state index in [2.05, 4.69) is 4.98 Å². The van der Waals surface area contributed by atoms with Gasteiger partial charge in [0.25, 0.3) is 0 Å². The summed E-state index contributed by atoms with van der Waals surface area (Å²) in [6, 6.07) is 15.4. The number of methoxy groups -OCH3 is 1. The third kappa shape index (κ3) is 5.45. The summed E-state index contributed by atoms with van der Waals surface area (Å²) in [5, 5.41) is 3.42. The van der Waals surface area contributed by atoms with E-state index in [0.29, 0.717) is 18.1 Å². The molecule has 162 valence electrons. The Kier molecular flexibility index (Phi) is 7.22. The van der Waals surface area contributed by atoms with E-state index in [1.165, 1.54) is 11.3 Å². The van der Waals surface area contributed by atoms with Crippen LogP contribution < -0.4 is 4.74 Å². The predicted molar refractivity (Wildman–Crippen MR) is 124 cm³/mol. The second-order valence-electron chi connectivity index (χ2n) is 7.52. The molecule has 0 spiro atoms. The second kappa shape index (κ2) is 10.3. The van der Waals surface area contributed by atoms with Crippen LogP contribution in [0.3, 0.4) is 0 Å². The maximum atomic E-state index is 13.3. The molecular formula is C24H25ClN2O3S. The van der Waals surface area contributed by atoms with Crippen molar-refractivity contribution < 1.29 is 14.3 Å². The predicted octanol–water partition coefficient (Wildman–Crippen LogP) is 5.22. The topological polar surface area (TPSA) is 51.7 Å². The first kappa shape index (κ1) is 21.8. The zero-order chi connectivity index (χ0) is 21.6. The SMILES string of the molecule is COc1ccccc1CN(CC1CCCO1)C(=O)Cc1csc(-c2ccccc2Cl)n1. The fourth-order valence-corrected chi connectivity index (χ4v) is 4.88. The Morgan fingerprint density at radius 2 is 2.06 bits per heavy atom. The average molecular weight is 457 g/mol. The van der Waals surface area contributed by atoms with Crippen LogP contribution in [0, 0.1) is 0 Å². The highest BCUT2D eigenvalue weighted by molar-refractivity contribution is 7.13. The van der Waals surface area contributed by atoms with Gasteiger partial charge in [-0.15, -0.1) is 11.3 Å². The van der Waals surface area contributed by atoms with E-state index in [-0.39, 0.29) is 18.4 Å². The van der Waals surface area contributed by atoms with Crippen LogP contribution in [0.25, 0.3) is 10.6 Å². The number of para-hydroxylation sites is 1. The van der Waals surface area contributed by atoms with E-state index < -0.39 is 0 Å². The summed E-state index contributed by atoms with van der Waals surface area (Å²) in [6.07, 6.45) is 2.33. The van der Waals surface area contributed by atoms with Crippen molar-refractivity contribution in [2.75, 3.05) is 20.3 Å². The average Bonchev–Trinajstić information content (AvgIpc) is 3.46. The number of hydrogen-bond donors (Lipinski definition) is 0. The maximum Gasteiger partial charge on any atom is 0.229 e. The maximum absolute atomic E-state index is 13.3. The highest BCUT2D eigenvalue weighted by Crippen LogP contribution is 2.30. The third-order valence-electron chi connectivity index (χ3n) is 5.34. The smallest absolute Gasteiger partial charge is 0.229 e. The van der Waals surface area contributed by atoms with Crippen molar-refractivity contribution in [3.8, 4) is 16.3 Å². The van der Waals surface area contributed by atoms with Crippen LogP contribution in [0.4, 0.5) is 0 Å². The van der Waals surface area contributed by atoms with Gasteiger partial charge in [-0.05, 0) is 25.0 Å². The van der Waals surface area contributed by atoms with Crippen LogP contribution >= 0.6 is 22.9 Å². The standard InChI is InChI=1S/C24H25ClN2O3S/c1-29-22-11-5-2-7-17(22)14-27(15-19-8-6-12-30-19)23(28)13-18-16-31-24(26-18)20-9-3-4-10-21(20)25/h2-5,7,9-11,16,19H,6,8,12-15H2,1H3. The highest BCUT2D eigenvalue weighted by atomic mass is 35.5. The number of aromatic nitrogens is 1. The second-order valence-corrected chi connectivity index (χ2v) is 8.79. The molecule has 0 N–H and O–H groups in total. The lowest BCUT2D eigenvalue weighted by molar-refractivity contribution is -0.132. The van der Waals surface area contributed by atoms with Gasteiger partial charge in [0.05, 0.1) is 30.4 Å². The molecule has 3 aromatic rings. The quantitative estimate of drug-likeness (QED) is 0.466. The molecule has 2 aromatic carbocycles. The summed E-state index contributed by atoms with van der Waals surface area (Å²) in [5.74, 6) is 0.805. The van der Waals surface area contributed by atoms with E-state index in [9.17, 15) is 4.79 Å². The van der Waals surface area contributed by atoms with E-state index in [4.69, 9.17) is 21.1 Å². The molecule has 1 aliphatic heterocycles. The van der Waals surface area contributed by atoms with Gasteiger partial charge < -0.3 is 14.4 Å². The molecule has 1 unspecified atom stereocenters. The molecule has 0 bridgehead atoms. The minimum atomic E-state index is 0.0254. The van der Waals surface area contributed by atoms with Crippen LogP contribution in [-0.4, -0.2) is 42.2 Å². The Labute approximate surface area is 191 Å². The Hall–Kier alpha value is -2.41. The van der Waals surface area contributed by atoms with Gasteiger partial charge >= 0.3 is 0 Å². The van der Waals surface area contributed by atoms with Gasteiger partial charge in [0.15, 0.2) is 0 Å². The summed E-state index contributed by atoms with van der Waals surface area (Å²) in [5.41, 5.74) is 2.62. The molecule has 7 heteroatoms. The lowest BCUT2D eigenvalue weighted by Crippen LogP contribution is -2.38. The lowest BCUT2D eigenvalue weighted by Gasteiger charge is -2.26. The van der Waals surface area contributed by atoms with Crippen molar-refractivity contribution in [1.29, 1.82) is 0 Å². The molecule has 5 nitrogen and oxygen atoms in total. The van der Waals surface area contributed by atoms with Crippen LogP contribution in [0.5, 0.6) is 5.75 Å². The first-order valence-corrected chi connectivity index (χ1v) is 11.6. The Morgan fingerprint density at radius 1 is 1.26 bits per heavy atom. The monoisotopic (exact) mass is 456 g/mol. The van der Waals surface area contributed by atoms with Gasteiger partial charge in [-0.1, -0.05) is 48.0 Å². The number of ether oxygens (including phenoxy) is 2. The van der Waals surface area contributed by atoms with E-state index >= 15 is 0 Å². The molecule has 4 rings (SSSR count). The van der Waals surface area contributed by atoms with Crippen LogP contribution in [0.2, 0.25) is 5.02 Å². The summed E-state index contributed by atoms with van der Waals surface area (Å²) >= 11 is 7.81. The Balaban J connectivity index is 1.51. The first-order valence-electron chi connectivity index (χ1n) is 10.3. The number of carbonyl (C=O) groups is 1. The largest absolute Gasteiger partial charge is 0.496 e. The zero-order valence-electron chi connectivity index (χ0n) is 17.4. The molecular weight excluding hydrogens is 432 g/mol. The molecule has 1 aromatic heterocycles. The summed E-state index contributed by atoms with van der Waals surface area (Å²) in [4.78, 5) is 19.8. The van der Waals surface area contributed by atoms with Gasteiger partial charge in [-0.2, -0.15) is 0 Å². The van der Waals surface area contributed by atoms with E-state index in [1.807, 2.05) is 58.8 Å². The molecule has 1 saturated heterocycles. The summed E-state index contributed by atoms with van der Waals surface area (Å²) in [7, 11) is 1.65. The van der Waals surface area contributed by atoms with E-state index in [0.717, 1.165) is 47.0 Å². The number of halogens is 1. The number of rotatable bonds is 8.